The van der Waals surface area contributed by atoms with Gasteiger partial charge in [-0.15, -0.1) is 0 Å². The van der Waals surface area contributed by atoms with Crippen molar-refractivity contribution in [1.29, 1.82) is 5.26 Å². The minimum Gasteiger partial charge on any atom is -0.308 e. The molecule has 0 aliphatic heterocycles. The van der Waals surface area contributed by atoms with Crippen LogP contribution in [-0.2, 0) is 13.0 Å². The number of nitrogens with zero attached hydrogens (tertiary/aromatic N) is 6. The lowest BCUT2D eigenvalue weighted by Gasteiger charge is -2.11. The topological polar surface area (TPSA) is 72.3 Å². The van der Waals surface area contributed by atoms with E-state index in [-0.39, 0.29) is 0 Å². The molecule has 0 fully saturated rings. The highest BCUT2D eigenvalue weighted by Crippen LogP contribution is 2.29. The summed E-state index contributed by atoms with van der Waals surface area (Å²) in [6.45, 7) is 6.94. The van der Waals surface area contributed by atoms with E-state index in [1.807, 2.05) is 54.2 Å². The highest BCUT2D eigenvalue weighted by atomic mass is 15.3. The molecular weight excluding hydrogens is 456 g/mol. The van der Waals surface area contributed by atoms with Crippen LogP contribution in [0.5, 0.6) is 0 Å². The van der Waals surface area contributed by atoms with E-state index in [4.69, 9.17) is 9.97 Å². The summed E-state index contributed by atoms with van der Waals surface area (Å²) in [5, 5.41) is 15.5. The van der Waals surface area contributed by atoms with E-state index in [0.29, 0.717) is 12.1 Å². The van der Waals surface area contributed by atoms with Gasteiger partial charge in [0.25, 0.3) is 0 Å². The Bertz CT molecular complexity index is 1820. The Balaban J connectivity index is 1.37. The van der Waals surface area contributed by atoms with Crippen molar-refractivity contribution in [3.63, 3.8) is 0 Å². The Labute approximate surface area is 215 Å². The molecule has 37 heavy (non-hydrogen) atoms. The molecular formula is C31H26N6. The Kier molecular flexibility index (Phi) is 5.54. The zero-order valence-electron chi connectivity index (χ0n) is 21.1. The number of hydrogen-bond donors (Lipinski definition) is 0. The Morgan fingerprint density at radius 3 is 2.51 bits per heavy atom. The molecule has 3 heterocycles. The van der Waals surface area contributed by atoms with E-state index in [1.54, 1.807) is 0 Å². The number of imidazole rings is 1. The van der Waals surface area contributed by atoms with E-state index < -0.39 is 0 Å². The van der Waals surface area contributed by atoms with Crippen molar-refractivity contribution in [3.8, 4) is 22.9 Å². The van der Waals surface area contributed by atoms with Crippen molar-refractivity contribution in [2.75, 3.05) is 0 Å². The molecule has 3 aromatic carbocycles. The zero-order chi connectivity index (χ0) is 25.5. The van der Waals surface area contributed by atoms with Crippen LogP contribution in [0.4, 0.5) is 0 Å². The molecule has 0 radical (unpaired) electrons. The fraction of sp³-hybridized carbons (Fsp3) is 0.161. The van der Waals surface area contributed by atoms with Crippen molar-refractivity contribution in [1.82, 2.24) is 24.3 Å². The summed E-state index contributed by atoms with van der Waals surface area (Å²) < 4.78 is 4.14. The first-order valence-corrected chi connectivity index (χ1v) is 12.5. The molecule has 0 saturated heterocycles. The fourth-order valence-electron chi connectivity index (χ4n) is 5.03. The van der Waals surface area contributed by atoms with Crippen LogP contribution in [0.2, 0.25) is 0 Å². The van der Waals surface area contributed by atoms with Crippen molar-refractivity contribution < 1.29 is 0 Å². The summed E-state index contributed by atoms with van der Waals surface area (Å²) in [4.78, 5) is 9.67. The second kappa shape index (κ2) is 9.03. The fourth-order valence-corrected chi connectivity index (χ4v) is 5.03. The molecule has 0 spiro atoms. The van der Waals surface area contributed by atoms with E-state index >= 15 is 0 Å². The van der Waals surface area contributed by atoms with E-state index in [1.165, 1.54) is 0 Å². The summed E-state index contributed by atoms with van der Waals surface area (Å²) in [6.07, 6.45) is 2.71. The summed E-state index contributed by atoms with van der Waals surface area (Å²) in [6, 6.07) is 26.8. The molecule has 0 bridgehead atoms. The molecule has 6 nitrogen and oxygen atoms in total. The molecule has 180 valence electrons. The van der Waals surface area contributed by atoms with Crippen molar-refractivity contribution >= 4 is 22.1 Å². The largest absolute Gasteiger partial charge is 0.308 e. The smallest absolute Gasteiger partial charge is 0.160 e. The summed E-state index contributed by atoms with van der Waals surface area (Å²) >= 11 is 0. The third-order valence-corrected chi connectivity index (χ3v) is 6.87. The van der Waals surface area contributed by atoms with Crippen LogP contribution in [0, 0.1) is 25.2 Å². The Morgan fingerprint density at radius 2 is 1.73 bits per heavy atom. The van der Waals surface area contributed by atoms with Gasteiger partial charge in [-0.05, 0) is 60.9 Å². The minimum atomic E-state index is 0.636. The number of nitriles is 1. The number of hydrogen-bond acceptors (Lipinski definition) is 4. The molecule has 0 atom stereocenters. The lowest BCUT2D eigenvalue weighted by molar-refractivity contribution is 0.745. The average Bonchev–Trinajstić information content (AvgIpc) is 3.51. The predicted molar refractivity (Wildman–Crippen MR) is 147 cm³/mol. The van der Waals surface area contributed by atoms with Gasteiger partial charge < -0.3 is 4.57 Å². The van der Waals surface area contributed by atoms with Gasteiger partial charge in [-0.1, -0.05) is 49.4 Å². The molecule has 3 aromatic heterocycles. The number of para-hydroxylation sites is 1. The van der Waals surface area contributed by atoms with Gasteiger partial charge in [-0.25, -0.2) is 14.6 Å². The van der Waals surface area contributed by atoms with Gasteiger partial charge in [0.15, 0.2) is 5.65 Å². The molecule has 0 saturated carbocycles. The second-order valence-electron chi connectivity index (χ2n) is 9.37. The van der Waals surface area contributed by atoms with Crippen LogP contribution < -0.4 is 0 Å². The first kappa shape index (κ1) is 22.7. The van der Waals surface area contributed by atoms with Crippen LogP contribution >= 0.6 is 0 Å². The van der Waals surface area contributed by atoms with E-state index in [0.717, 1.165) is 67.9 Å². The molecule has 6 heteroatoms. The van der Waals surface area contributed by atoms with Gasteiger partial charge in [0, 0.05) is 23.1 Å². The number of pyridine rings is 1. The molecule has 0 aliphatic carbocycles. The van der Waals surface area contributed by atoms with Crippen molar-refractivity contribution in [2.45, 2.75) is 33.7 Å². The SMILES string of the molecule is CCc1nc2c(C)cc(C)nc2n1Cc1ccc(-c2cc(-n3ncc4ccccc43)ccc2C#N)cc1. The average molecular weight is 483 g/mol. The van der Waals surface area contributed by atoms with Gasteiger partial charge >= 0.3 is 0 Å². The molecule has 0 unspecified atom stereocenters. The van der Waals surface area contributed by atoms with Crippen LogP contribution in [-0.4, -0.2) is 24.3 Å². The monoisotopic (exact) mass is 482 g/mol. The van der Waals surface area contributed by atoms with Crippen molar-refractivity contribution in [3.05, 3.63) is 107 Å². The van der Waals surface area contributed by atoms with E-state index in [9.17, 15) is 5.26 Å². The van der Waals surface area contributed by atoms with Crippen LogP contribution in [0.3, 0.4) is 0 Å². The predicted octanol–water partition coefficient (Wildman–Crippen LogP) is 6.54. The number of benzene rings is 3. The summed E-state index contributed by atoms with van der Waals surface area (Å²) in [5.74, 6) is 1.03. The first-order valence-electron chi connectivity index (χ1n) is 12.5. The standard InChI is InChI=1S/C31H26N6/c1-4-29-35-30-20(2)15-21(3)34-31(30)36(29)19-22-9-11-23(12-10-22)27-16-26(14-13-24(27)17-32)37-28-8-6-5-7-25(28)18-33-37/h5-16,18H,4,19H2,1-3H3. The number of fused-ring (bicyclic) bond motifs is 2. The number of aryl methyl sites for hydroxylation is 3. The Hall–Kier alpha value is -4.76. The zero-order valence-corrected chi connectivity index (χ0v) is 21.1. The number of rotatable bonds is 5. The minimum absolute atomic E-state index is 0.636. The summed E-state index contributed by atoms with van der Waals surface area (Å²) in [5.41, 5.74) is 9.70. The normalized spacial score (nSPS) is 11.3. The van der Waals surface area contributed by atoms with Gasteiger partial charge in [-0.2, -0.15) is 10.4 Å². The first-order chi connectivity index (χ1) is 18.1. The Morgan fingerprint density at radius 1 is 0.919 bits per heavy atom. The van der Waals surface area contributed by atoms with E-state index in [2.05, 4.69) is 66.0 Å². The lowest BCUT2D eigenvalue weighted by Crippen LogP contribution is -2.05. The highest BCUT2D eigenvalue weighted by molar-refractivity contribution is 5.81. The molecule has 0 N–H and O–H groups in total. The maximum absolute atomic E-state index is 9.81. The summed E-state index contributed by atoms with van der Waals surface area (Å²) in [7, 11) is 0. The van der Waals surface area contributed by atoms with Gasteiger partial charge in [-0.3, -0.25) is 0 Å². The maximum Gasteiger partial charge on any atom is 0.160 e. The maximum atomic E-state index is 9.81. The second-order valence-corrected chi connectivity index (χ2v) is 9.37. The van der Waals surface area contributed by atoms with Crippen LogP contribution in [0.25, 0.3) is 38.9 Å². The quantitative estimate of drug-likeness (QED) is 0.280. The third kappa shape index (κ3) is 3.95. The van der Waals surface area contributed by atoms with Crippen molar-refractivity contribution in [2.24, 2.45) is 0 Å². The van der Waals surface area contributed by atoms with Gasteiger partial charge in [0.1, 0.15) is 11.3 Å². The molecule has 0 aliphatic rings. The van der Waals surface area contributed by atoms with Gasteiger partial charge in [0.05, 0.1) is 35.6 Å². The van der Waals surface area contributed by atoms with Gasteiger partial charge in [0.2, 0.25) is 0 Å². The van der Waals surface area contributed by atoms with Crippen LogP contribution in [0.1, 0.15) is 35.1 Å². The lowest BCUT2D eigenvalue weighted by atomic mass is 9.98. The highest BCUT2D eigenvalue weighted by Gasteiger charge is 2.15. The number of aromatic nitrogens is 5. The van der Waals surface area contributed by atoms with Crippen LogP contribution in [0.15, 0.2) is 79.0 Å². The molecule has 0 amide bonds. The molecule has 6 rings (SSSR count). The molecule has 6 aromatic rings. The third-order valence-electron chi connectivity index (χ3n) is 6.87.